The van der Waals surface area contributed by atoms with Crippen molar-refractivity contribution in [2.75, 3.05) is 6.50 Å². The van der Waals surface area contributed by atoms with Gasteiger partial charge in [-0.3, -0.25) is 4.79 Å². The van der Waals surface area contributed by atoms with Crippen LogP contribution in [0, 0.1) is 0 Å². The SMILES string of the molecule is [2H]C([2H])(N)C(=O)O. The normalized spacial score (nSPS) is 16.2. The standard InChI is InChI=1S/C2H5NO2/c3-1-2(4)5/h1,3H2,(H,4,5)/i1D2. The van der Waals surface area contributed by atoms with Crippen LogP contribution >= 0.6 is 0 Å². The zero-order chi connectivity index (χ0) is 6.08. The van der Waals surface area contributed by atoms with Crippen molar-refractivity contribution in [2.45, 2.75) is 0 Å². The van der Waals surface area contributed by atoms with Gasteiger partial charge in [-0.25, -0.2) is 0 Å². The first-order valence-corrected chi connectivity index (χ1v) is 0.966. The molecule has 0 aromatic carbocycles. The van der Waals surface area contributed by atoms with E-state index in [1.165, 1.54) is 0 Å². The summed E-state index contributed by atoms with van der Waals surface area (Å²) in [5, 5.41) is 7.75. The quantitative estimate of drug-likeness (QED) is 0.423. The summed E-state index contributed by atoms with van der Waals surface area (Å²) < 4.78 is 12.5. The molecule has 3 nitrogen and oxygen atoms in total. The average Bonchev–Trinajstić information content (AvgIpc) is 1.31. The molecule has 0 saturated heterocycles. The lowest BCUT2D eigenvalue weighted by Crippen LogP contribution is -2.10. The molecule has 0 unspecified atom stereocenters. The molecule has 0 bridgehead atoms. The van der Waals surface area contributed by atoms with E-state index in [1.807, 2.05) is 0 Å². The van der Waals surface area contributed by atoms with Crippen molar-refractivity contribution in [2.24, 2.45) is 5.73 Å². The Hall–Kier alpha value is -0.570. The Labute approximate surface area is 32.2 Å². The molecule has 0 spiro atoms. The van der Waals surface area contributed by atoms with Crippen molar-refractivity contribution < 1.29 is 12.6 Å². The van der Waals surface area contributed by atoms with Gasteiger partial charge in [0, 0.05) is 0 Å². The van der Waals surface area contributed by atoms with Crippen LogP contribution in [0.15, 0.2) is 0 Å². The first-order valence-electron chi connectivity index (χ1n) is 1.97. The van der Waals surface area contributed by atoms with E-state index in [2.05, 4.69) is 5.73 Å². The number of carbonyl (C=O) groups is 1. The van der Waals surface area contributed by atoms with Crippen LogP contribution in [0.4, 0.5) is 0 Å². The molecule has 0 aliphatic rings. The van der Waals surface area contributed by atoms with Gasteiger partial charge >= 0.3 is 5.97 Å². The summed E-state index contributed by atoms with van der Waals surface area (Å²) in [6.45, 7) is -2.58. The molecule has 0 aromatic rings. The molecule has 0 saturated carbocycles. The van der Waals surface area contributed by atoms with Gasteiger partial charge < -0.3 is 10.8 Å². The summed E-state index contributed by atoms with van der Waals surface area (Å²) in [6, 6.07) is 0. The highest BCUT2D eigenvalue weighted by Gasteiger charge is 1.81. The van der Waals surface area contributed by atoms with Crippen molar-refractivity contribution in [1.29, 1.82) is 0 Å². The molecule has 3 heteroatoms. The molecule has 0 fully saturated rings. The molecule has 0 heterocycles. The molecule has 0 atom stereocenters. The van der Waals surface area contributed by atoms with E-state index in [9.17, 15) is 4.79 Å². The molecule has 0 rings (SSSR count). The average molecular weight is 77.1 g/mol. The molecule has 0 aliphatic heterocycles. The van der Waals surface area contributed by atoms with Gasteiger partial charge in [0.1, 0.15) is 0 Å². The van der Waals surface area contributed by atoms with Crippen molar-refractivity contribution in [1.82, 2.24) is 0 Å². The van der Waals surface area contributed by atoms with Crippen LogP contribution in [-0.2, 0) is 4.79 Å². The van der Waals surface area contributed by atoms with Crippen LogP contribution < -0.4 is 5.73 Å². The number of carboxylic acid groups (broad SMARTS) is 1. The van der Waals surface area contributed by atoms with Crippen LogP contribution in [0.25, 0.3) is 0 Å². The second kappa shape index (κ2) is 1.72. The third kappa shape index (κ3) is 3.43. The Morgan fingerprint density at radius 3 is 2.60 bits per heavy atom. The Morgan fingerprint density at radius 1 is 2.40 bits per heavy atom. The third-order valence-electron chi connectivity index (χ3n) is 0.123. The highest BCUT2D eigenvalue weighted by Crippen LogP contribution is 1.43. The lowest BCUT2D eigenvalue weighted by atomic mass is 10.7. The number of nitrogens with two attached hydrogens (primary N) is 1. The molecule has 3 N–H and O–H groups in total. The maximum absolute atomic E-state index is 9.52. The topological polar surface area (TPSA) is 63.3 Å². The van der Waals surface area contributed by atoms with Crippen LogP contribution in [0.1, 0.15) is 2.74 Å². The Morgan fingerprint density at radius 2 is 2.60 bits per heavy atom. The van der Waals surface area contributed by atoms with Gasteiger partial charge in [0.2, 0.25) is 0 Å². The van der Waals surface area contributed by atoms with E-state index >= 15 is 0 Å². The fourth-order valence-electron chi connectivity index (χ4n) is 0. The van der Waals surface area contributed by atoms with Crippen LogP contribution in [0.2, 0.25) is 0 Å². The number of aliphatic carboxylic acids is 1. The van der Waals surface area contributed by atoms with Crippen molar-refractivity contribution >= 4 is 5.97 Å². The van der Waals surface area contributed by atoms with Crippen molar-refractivity contribution in [3.8, 4) is 0 Å². The third-order valence-corrected chi connectivity index (χ3v) is 0.123. The fraction of sp³-hybridized carbons (Fsp3) is 0.500. The summed E-state index contributed by atoms with van der Waals surface area (Å²) in [6.07, 6.45) is 0. The van der Waals surface area contributed by atoms with Crippen molar-refractivity contribution in [3.05, 3.63) is 0 Å². The summed E-state index contributed by atoms with van der Waals surface area (Å²) in [4.78, 5) is 9.52. The maximum atomic E-state index is 9.52. The smallest absolute Gasteiger partial charge is 0.317 e. The van der Waals surface area contributed by atoms with E-state index in [0.29, 0.717) is 0 Å². The Bertz CT molecular complexity index is 86.2. The first-order chi connectivity index (χ1) is 2.94. The molecular formula is C2H5NO2. The van der Waals surface area contributed by atoms with E-state index in [1.54, 1.807) is 0 Å². The minimum atomic E-state index is -2.58. The Kier molecular flexibility index (Phi) is 0.609. The summed E-state index contributed by atoms with van der Waals surface area (Å²) in [7, 11) is 0. The summed E-state index contributed by atoms with van der Waals surface area (Å²) in [5.41, 5.74) is 4.41. The summed E-state index contributed by atoms with van der Waals surface area (Å²) >= 11 is 0. The molecular weight excluding hydrogens is 70.0 g/mol. The summed E-state index contributed by atoms with van der Waals surface area (Å²) in [5.74, 6) is -1.65. The number of hydrogen-bond acceptors (Lipinski definition) is 2. The second-order valence-electron chi connectivity index (χ2n) is 0.449. The first kappa shape index (κ1) is 1.77. The lowest BCUT2D eigenvalue weighted by molar-refractivity contribution is -0.135. The van der Waals surface area contributed by atoms with Crippen LogP contribution in [0.5, 0.6) is 0 Å². The molecule has 0 aromatic heterocycles. The molecule has 30 valence electrons. The predicted octanol–water partition coefficient (Wildman–Crippen LogP) is -0.970. The van der Waals surface area contributed by atoms with E-state index < -0.39 is 12.5 Å². The van der Waals surface area contributed by atoms with Gasteiger partial charge in [-0.1, -0.05) is 0 Å². The zero-order valence-corrected chi connectivity index (χ0v) is 2.43. The maximum Gasteiger partial charge on any atom is 0.317 e. The lowest BCUT2D eigenvalue weighted by Gasteiger charge is -1.73. The van der Waals surface area contributed by atoms with E-state index in [4.69, 9.17) is 7.85 Å². The number of carboxylic acids is 1. The van der Waals surface area contributed by atoms with E-state index in [-0.39, 0.29) is 0 Å². The van der Waals surface area contributed by atoms with Crippen LogP contribution in [0.3, 0.4) is 0 Å². The molecule has 5 heavy (non-hydrogen) atoms. The van der Waals surface area contributed by atoms with Gasteiger partial charge in [0.15, 0.2) is 0 Å². The van der Waals surface area contributed by atoms with Gasteiger partial charge in [0.25, 0.3) is 0 Å². The molecule has 0 radical (unpaired) electrons. The van der Waals surface area contributed by atoms with Gasteiger partial charge in [-0.15, -0.1) is 0 Å². The highest BCUT2D eigenvalue weighted by molar-refractivity contribution is 5.68. The minimum absolute atomic E-state index is 1.65. The highest BCUT2D eigenvalue weighted by atomic mass is 16.4. The zero-order valence-electron chi connectivity index (χ0n) is 4.43. The fourth-order valence-corrected chi connectivity index (χ4v) is 0. The Balaban J connectivity index is 3.79. The predicted molar refractivity (Wildman–Crippen MR) is 16.7 cm³/mol. The largest absolute Gasteiger partial charge is 0.480 e. The van der Waals surface area contributed by atoms with E-state index in [0.717, 1.165) is 0 Å². The van der Waals surface area contributed by atoms with Gasteiger partial charge in [-0.05, 0) is 0 Å². The number of hydrogen-bond donors (Lipinski definition) is 2. The van der Waals surface area contributed by atoms with Gasteiger partial charge in [0.05, 0.1) is 9.24 Å². The molecule has 0 aliphatic carbocycles. The number of rotatable bonds is 1. The van der Waals surface area contributed by atoms with Crippen molar-refractivity contribution in [3.63, 3.8) is 0 Å². The minimum Gasteiger partial charge on any atom is -0.480 e. The van der Waals surface area contributed by atoms with Gasteiger partial charge in [-0.2, -0.15) is 0 Å². The molecule has 0 amide bonds. The van der Waals surface area contributed by atoms with Crippen LogP contribution in [-0.4, -0.2) is 17.6 Å². The second-order valence-corrected chi connectivity index (χ2v) is 0.449. The monoisotopic (exact) mass is 77.0 g/mol.